The van der Waals surface area contributed by atoms with E-state index in [1.54, 1.807) is 24.3 Å². The molecule has 2 aromatic rings. The van der Waals surface area contributed by atoms with Gasteiger partial charge in [-0.2, -0.15) is 0 Å². The predicted molar refractivity (Wildman–Crippen MR) is 105 cm³/mol. The Labute approximate surface area is 168 Å². The lowest BCUT2D eigenvalue weighted by molar-refractivity contribution is -0.125. The van der Waals surface area contributed by atoms with Crippen LogP contribution in [0.3, 0.4) is 0 Å². The van der Waals surface area contributed by atoms with Crippen molar-refractivity contribution >= 4 is 23.3 Å². The van der Waals surface area contributed by atoms with Crippen LogP contribution in [0, 0.1) is 0 Å². The first-order valence-electron chi connectivity index (χ1n) is 8.75. The number of hydrogen-bond acceptors (Lipinski definition) is 6. The second kappa shape index (κ2) is 9.94. The van der Waals surface area contributed by atoms with E-state index in [4.69, 9.17) is 31.5 Å². The molecule has 1 unspecified atom stereocenters. The summed E-state index contributed by atoms with van der Waals surface area (Å²) in [6, 6.07) is 6.41. The van der Waals surface area contributed by atoms with Crippen molar-refractivity contribution in [2.45, 2.75) is 32.3 Å². The van der Waals surface area contributed by atoms with Crippen LogP contribution in [0.1, 0.15) is 35.8 Å². The fourth-order valence-corrected chi connectivity index (χ4v) is 2.89. The molecule has 28 heavy (non-hydrogen) atoms. The molecule has 0 fully saturated rings. The number of ether oxygens (including phenoxy) is 3. The number of nitrogens with zero attached hydrogens (tertiary/aromatic N) is 1. The zero-order chi connectivity index (χ0) is 20.7. The molecular weight excluding hydrogens is 384 g/mol. The third-order valence-electron chi connectivity index (χ3n) is 4.05. The number of hydrogen-bond donors (Lipinski definition) is 1. The van der Waals surface area contributed by atoms with Crippen LogP contribution in [-0.4, -0.2) is 37.0 Å². The van der Waals surface area contributed by atoms with Gasteiger partial charge in [-0.1, -0.05) is 24.9 Å². The number of Topliss-reactive ketones (excluding diaryl/α,β-unsaturated/α-hetero) is 1. The highest BCUT2D eigenvalue weighted by Crippen LogP contribution is 2.41. The summed E-state index contributed by atoms with van der Waals surface area (Å²) in [6.45, 7) is 1.90. The molecule has 0 aliphatic heterocycles. The van der Waals surface area contributed by atoms with E-state index < -0.39 is 12.0 Å². The van der Waals surface area contributed by atoms with Crippen LogP contribution >= 0.6 is 11.6 Å². The highest BCUT2D eigenvalue weighted by atomic mass is 35.5. The predicted octanol–water partition coefficient (Wildman–Crippen LogP) is 3.21. The van der Waals surface area contributed by atoms with Gasteiger partial charge in [0.25, 0.3) is 5.91 Å². The van der Waals surface area contributed by atoms with E-state index >= 15 is 0 Å². The Morgan fingerprint density at radius 3 is 2.50 bits per heavy atom. The molecule has 1 aromatic carbocycles. The van der Waals surface area contributed by atoms with E-state index in [0.717, 1.165) is 0 Å². The van der Waals surface area contributed by atoms with Gasteiger partial charge in [0, 0.05) is 16.9 Å². The second-order valence-electron chi connectivity index (χ2n) is 6.04. The first-order chi connectivity index (χ1) is 13.4. The van der Waals surface area contributed by atoms with Crippen LogP contribution in [0.15, 0.2) is 30.5 Å². The molecule has 1 amide bonds. The quantitative estimate of drug-likeness (QED) is 0.608. The van der Waals surface area contributed by atoms with Gasteiger partial charge < -0.3 is 19.9 Å². The van der Waals surface area contributed by atoms with Crippen LogP contribution < -0.4 is 19.9 Å². The van der Waals surface area contributed by atoms with E-state index in [2.05, 4.69) is 4.98 Å². The molecular formula is C20H23ClN2O5. The average molecular weight is 407 g/mol. The Kier molecular flexibility index (Phi) is 7.63. The summed E-state index contributed by atoms with van der Waals surface area (Å²) in [7, 11) is 2.90. The number of benzene rings is 1. The van der Waals surface area contributed by atoms with Crippen molar-refractivity contribution in [1.29, 1.82) is 0 Å². The summed E-state index contributed by atoms with van der Waals surface area (Å²) in [5.74, 6) is -0.192. The van der Waals surface area contributed by atoms with E-state index in [9.17, 15) is 9.59 Å². The number of nitrogens with two attached hydrogens (primary N) is 1. The number of pyridine rings is 1. The lowest BCUT2D eigenvalue weighted by Crippen LogP contribution is -2.34. The van der Waals surface area contributed by atoms with Gasteiger partial charge in [-0.15, -0.1) is 0 Å². The summed E-state index contributed by atoms with van der Waals surface area (Å²) in [5, 5.41) is 0.485. The molecule has 2 N–H and O–H groups in total. The van der Waals surface area contributed by atoms with E-state index in [-0.39, 0.29) is 29.3 Å². The number of aromatic nitrogens is 1. The molecule has 0 aliphatic rings. The molecule has 0 saturated heterocycles. The van der Waals surface area contributed by atoms with Crippen LogP contribution in [0.25, 0.3) is 0 Å². The number of carbonyl (C=O) groups excluding carboxylic acids is 2. The zero-order valence-electron chi connectivity index (χ0n) is 16.0. The second-order valence-corrected chi connectivity index (χ2v) is 6.48. The minimum atomic E-state index is -0.901. The van der Waals surface area contributed by atoms with Gasteiger partial charge in [-0.05, 0) is 30.7 Å². The standard InChI is InChI=1S/C20H23ClN2O5/c1-4-5-17(20(22)25)28-18-14(6-7-16(26-2)19(18)27-3)15(24)11-13-10-12(21)8-9-23-13/h6-10,17H,4-5,11H2,1-3H3,(H2,22,25). The lowest BCUT2D eigenvalue weighted by Gasteiger charge is -2.21. The first kappa shape index (κ1) is 21.5. The topological polar surface area (TPSA) is 101 Å². The summed E-state index contributed by atoms with van der Waals surface area (Å²) in [6.07, 6.45) is 1.71. The van der Waals surface area contributed by atoms with Crippen molar-refractivity contribution in [2.75, 3.05) is 14.2 Å². The normalized spacial score (nSPS) is 11.6. The highest BCUT2D eigenvalue weighted by Gasteiger charge is 2.26. The molecule has 0 radical (unpaired) electrons. The Bertz CT molecular complexity index is 856. The third-order valence-corrected chi connectivity index (χ3v) is 4.28. The maximum atomic E-state index is 12.9. The number of carbonyl (C=O) groups is 2. The molecule has 1 atom stereocenters. The molecule has 1 aromatic heterocycles. The Hall–Kier alpha value is -2.80. The molecule has 2 rings (SSSR count). The Balaban J connectivity index is 2.47. The molecule has 8 heteroatoms. The van der Waals surface area contributed by atoms with Crippen LogP contribution in [0.2, 0.25) is 5.02 Å². The molecule has 150 valence electrons. The smallest absolute Gasteiger partial charge is 0.258 e. The third kappa shape index (κ3) is 5.13. The molecule has 1 heterocycles. The zero-order valence-corrected chi connectivity index (χ0v) is 16.8. The minimum Gasteiger partial charge on any atom is -0.493 e. The largest absolute Gasteiger partial charge is 0.493 e. The van der Waals surface area contributed by atoms with Gasteiger partial charge in [-0.25, -0.2) is 0 Å². The Morgan fingerprint density at radius 1 is 1.18 bits per heavy atom. The Morgan fingerprint density at radius 2 is 1.93 bits per heavy atom. The fourth-order valence-electron chi connectivity index (χ4n) is 2.70. The van der Waals surface area contributed by atoms with Crippen molar-refractivity contribution in [3.05, 3.63) is 46.7 Å². The summed E-state index contributed by atoms with van der Waals surface area (Å²) in [4.78, 5) is 28.9. The highest BCUT2D eigenvalue weighted by molar-refractivity contribution is 6.30. The van der Waals surface area contributed by atoms with Gasteiger partial charge >= 0.3 is 0 Å². The fraction of sp³-hybridized carbons (Fsp3) is 0.350. The van der Waals surface area contributed by atoms with Crippen LogP contribution in [-0.2, 0) is 11.2 Å². The van der Waals surface area contributed by atoms with Crippen molar-refractivity contribution in [1.82, 2.24) is 4.98 Å². The molecule has 0 spiro atoms. The molecule has 7 nitrogen and oxygen atoms in total. The summed E-state index contributed by atoms with van der Waals surface area (Å²) in [5.41, 5.74) is 6.20. The maximum Gasteiger partial charge on any atom is 0.258 e. The van der Waals surface area contributed by atoms with Crippen LogP contribution in [0.5, 0.6) is 17.2 Å². The van der Waals surface area contributed by atoms with Crippen molar-refractivity contribution < 1.29 is 23.8 Å². The SMILES string of the molecule is CCCC(Oc1c(C(=O)Cc2cc(Cl)ccn2)ccc(OC)c1OC)C(N)=O. The average Bonchev–Trinajstić information content (AvgIpc) is 2.66. The lowest BCUT2D eigenvalue weighted by atomic mass is 10.0. The van der Waals surface area contributed by atoms with Crippen molar-refractivity contribution in [2.24, 2.45) is 5.73 Å². The van der Waals surface area contributed by atoms with Gasteiger partial charge in [0.1, 0.15) is 0 Å². The number of amides is 1. The number of primary amides is 1. The number of methoxy groups -OCH3 is 2. The maximum absolute atomic E-state index is 12.9. The van der Waals surface area contributed by atoms with Crippen molar-refractivity contribution in [3.8, 4) is 17.2 Å². The van der Waals surface area contributed by atoms with Gasteiger partial charge in [-0.3, -0.25) is 14.6 Å². The minimum absolute atomic E-state index is 0.00141. The number of rotatable bonds is 10. The molecule has 0 aliphatic carbocycles. The monoisotopic (exact) mass is 406 g/mol. The van der Waals surface area contributed by atoms with Crippen LogP contribution in [0.4, 0.5) is 0 Å². The van der Waals surface area contributed by atoms with Gasteiger partial charge in [0.05, 0.1) is 26.2 Å². The van der Waals surface area contributed by atoms with Gasteiger partial charge in [0.15, 0.2) is 23.4 Å². The van der Waals surface area contributed by atoms with E-state index in [0.29, 0.717) is 29.3 Å². The van der Waals surface area contributed by atoms with E-state index in [1.165, 1.54) is 20.4 Å². The van der Waals surface area contributed by atoms with Gasteiger partial charge in [0.2, 0.25) is 5.75 Å². The molecule has 0 bridgehead atoms. The number of ketones is 1. The van der Waals surface area contributed by atoms with Crippen molar-refractivity contribution in [3.63, 3.8) is 0 Å². The number of halogens is 1. The summed E-state index contributed by atoms with van der Waals surface area (Å²) < 4.78 is 16.5. The van der Waals surface area contributed by atoms with E-state index in [1.807, 2.05) is 6.92 Å². The summed E-state index contributed by atoms with van der Waals surface area (Å²) >= 11 is 5.97. The molecule has 0 saturated carbocycles. The first-order valence-corrected chi connectivity index (χ1v) is 9.13.